The fourth-order valence-corrected chi connectivity index (χ4v) is 2.57. The number of hydrogen-bond acceptors (Lipinski definition) is 3. The first kappa shape index (κ1) is 14.0. The molecular weight excluding hydrogens is 258 g/mol. The van der Waals surface area contributed by atoms with Gasteiger partial charge in [0.1, 0.15) is 5.82 Å². The molecule has 0 radical (unpaired) electrons. The number of halogens is 1. The Morgan fingerprint density at radius 1 is 1.10 bits per heavy atom. The Bertz CT molecular complexity index is 526. The van der Waals surface area contributed by atoms with Gasteiger partial charge in [-0.2, -0.15) is 0 Å². The number of rotatable bonds is 1. The van der Waals surface area contributed by atoms with Gasteiger partial charge in [0.15, 0.2) is 0 Å². The summed E-state index contributed by atoms with van der Waals surface area (Å²) in [5.41, 5.74) is 1.60. The number of hydrogen-bond donors (Lipinski definition) is 0. The molecule has 2 heterocycles. The number of fused-ring (bicyclic) bond motifs is 1. The van der Waals surface area contributed by atoms with Crippen LogP contribution in [-0.4, -0.2) is 24.9 Å². The monoisotopic (exact) mass is 278 g/mol. The Hall–Kier alpha value is -0.905. The molecule has 2 aliphatic rings. The van der Waals surface area contributed by atoms with E-state index in [1.165, 1.54) is 6.07 Å². The molecule has 0 aliphatic carbocycles. The Morgan fingerprint density at radius 3 is 2.40 bits per heavy atom. The highest BCUT2D eigenvalue weighted by molar-refractivity contribution is 6.62. The van der Waals surface area contributed by atoms with Crippen molar-refractivity contribution in [2.75, 3.05) is 6.61 Å². The van der Waals surface area contributed by atoms with E-state index in [1.807, 2.05) is 33.8 Å². The summed E-state index contributed by atoms with van der Waals surface area (Å²) in [4.78, 5) is 0. The number of ether oxygens (including phenoxy) is 1. The van der Waals surface area contributed by atoms with E-state index in [9.17, 15) is 4.39 Å². The molecule has 0 N–H and O–H groups in total. The van der Waals surface area contributed by atoms with Crippen LogP contribution < -0.4 is 5.46 Å². The summed E-state index contributed by atoms with van der Waals surface area (Å²) in [5.74, 6) is -0.230. The molecular formula is C15H20BFO3. The van der Waals surface area contributed by atoms with Crippen molar-refractivity contribution in [1.82, 2.24) is 0 Å². The van der Waals surface area contributed by atoms with Crippen molar-refractivity contribution in [3.63, 3.8) is 0 Å². The maximum atomic E-state index is 14.2. The second-order valence-corrected chi connectivity index (χ2v) is 6.53. The molecule has 0 saturated carbocycles. The maximum absolute atomic E-state index is 14.2. The predicted molar refractivity (Wildman–Crippen MR) is 75.5 cm³/mol. The van der Waals surface area contributed by atoms with Gasteiger partial charge in [-0.05, 0) is 51.2 Å². The van der Waals surface area contributed by atoms with Crippen molar-refractivity contribution in [1.29, 1.82) is 0 Å². The van der Waals surface area contributed by atoms with E-state index >= 15 is 0 Å². The fourth-order valence-electron chi connectivity index (χ4n) is 2.57. The second kappa shape index (κ2) is 4.55. The molecule has 0 amide bonds. The maximum Gasteiger partial charge on any atom is 0.494 e. The normalized spacial score (nSPS) is 23.8. The Morgan fingerprint density at radius 2 is 1.75 bits per heavy atom. The summed E-state index contributed by atoms with van der Waals surface area (Å²) in [6.07, 6.45) is 0.736. The minimum Gasteiger partial charge on any atom is -0.399 e. The summed E-state index contributed by atoms with van der Waals surface area (Å²) >= 11 is 0. The highest BCUT2D eigenvalue weighted by Gasteiger charge is 2.51. The molecule has 3 rings (SSSR count). The van der Waals surface area contributed by atoms with E-state index in [-0.39, 0.29) is 5.82 Å². The van der Waals surface area contributed by atoms with Crippen molar-refractivity contribution < 1.29 is 18.4 Å². The van der Waals surface area contributed by atoms with Crippen LogP contribution in [0.4, 0.5) is 4.39 Å². The molecule has 0 aromatic heterocycles. The van der Waals surface area contributed by atoms with Crippen LogP contribution in [0.1, 0.15) is 38.8 Å². The quantitative estimate of drug-likeness (QED) is 0.737. The van der Waals surface area contributed by atoms with Crippen LogP contribution >= 0.6 is 0 Å². The van der Waals surface area contributed by atoms with Crippen LogP contribution in [0.25, 0.3) is 0 Å². The smallest absolute Gasteiger partial charge is 0.399 e. The van der Waals surface area contributed by atoms with Crippen molar-refractivity contribution in [2.24, 2.45) is 0 Å². The third-order valence-corrected chi connectivity index (χ3v) is 4.60. The lowest BCUT2D eigenvalue weighted by Crippen LogP contribution is -2.41. The lowest BCUT2D eigenvalue weighted by molar-refractivity contribution is 0.00578. The van der Waals surface area contributed by atoms with Crippen LogP contribution in [0.2, 0.25) is 0 Å². The molecule has 1 aromatic rings. The summed E-state index contributed by atoms with van der Waals surface area (Å²) in [6.45, 7) is 8.97. The molecule has 1 saturated heterocycles. The summed E-state index contributed by atoms with van der Waals surface area (Å²) in [7, 11) is -0.511. The average Bonchev–Trinajstić information content (AvgIpc) is 2.58. The molecule has 3 nitrogen and oxygen atoms in total. The van der Waals surface area contributed by atoms with Gasteiger partial charge in [0.2, 0.25) is 0 Å². The van der Waals surface area contributed by atoms with Crippen LogP contribution in [0.3, 0.4) is 0 Å². The van der Waals surface area contributed by atoms with Crippen LogP contribution in [0, 0.1) is 5.82 Å². The lowest BCUT2D eigenvalue weighted by Gasteiger charge is -2.32. The Labute approximate surface area is 119 Å². The third kappa shape index (κ3) is 2.18. The van der Waals surface area contributed by atoms with Crippen molar-refractivity contribution in [2.45, 2.75) is 51.9 Å². The molecule has 108 valence electrons. The summed E-state index contributed by atoms with van der Waals surface area (Å²) in [6, 6.07) is 3.50. The minimum atomic E-state index is -0.511. The lowest BCUT2D eigenvalue weighted by atomic mass is 9.77. The van der Waals surface area contributed by atoms with Crippen molar-refractivity contribution >= 4 is 12.6 Å². The average molecular weight is 278 g/mol. The fraction of sp³-hybridized carbons (Fsp3) is 0.600. The Kier molecular flexibility index (Phi) is 3.20. The molecule has 0 atom stereocenters. The van der Waals surface area contributed by atoms with Gasteiger partial charge in [0.25, 0.3) is 0 Å². The van der Waals surface area contributed by atoms with Gasteiger partial charge >= 0.3 is 7.12 Å². The molecule has 1 aromatic carbocycles. The zero-order chi connectivity index (χ0) is 14.5. The highest BCUT2D eigenvalue weighted by atomic mass is 19.1. The first-order valence-electron chi connectivity index (χ1n) is 7.05. The first-order valence-corrected chi connectivity index (χ1v) is 7.05. The van der Waals surface area contributed by atoms with Crippen molar-refractivity contribution in [3.05, 3.63) is 29.1 Å². The molecule has 20 heavy (non-hydrogen) atoms. The van der Waals surface area contributed by atoms with E-state index in [0.717, 1.165) is 17.4 Å². The minimum absolute atomic E-state index is 0.230. The van der Waals surface area contributed by atoms with Gasteiger partial charge in [-0.25, -0.2) is 4.39 Å². The summed E-state index contributed by atoms with van der Waals surface area (Å²) in [5, 5.41) is 0. The Balaban J connectivity index is 1.94. The van der Waals surface area contributed by atoms with E-state index in [2.05, 4.69) is 0 Å². The second-order valence-electron chi connectivity index (χ2n) is 6.53. The number of benzene rings is 1. The van der Waals surface area contributed by atoms with Gasteiger partial charge in [-0.15, -0.1) is 0 Å². The SMILES string of the molecule is CC1(C)OB(c2cc(F)c3c(c2)CCOC3)OC1(C)C. The first-order chi connectivity index (χ1) is 9.30. The van der Waals surface area contributed by atoms with Gasteiger partial charge in [0.05, 0.1) is 24.4 Å². The molecule has 2 aliphatic heterocycles. The van der Waals surface area contributed by atoms with Crippen LogP contribution in [0.5, 0.6) is 0 Å². The van der Waals surface area contributed by atoms with Gasteiger partial charge in [-0.1, -0.05) is 6.07 Å². The zero-order valence-corrected chi connectivity index (χ0v) is 12.5. The molecule has 1 fully saturated rings. The zero-order valence-electron chi connectivity index (χ0n) is 12.5. The van der Waals surface area contributed by atoms with E-state index in [0.29, 0.717) is 18.8 Å². The van der Waals surface area contributed by atoms with Gasteiger partial charge in [-0.3, -0.25) is 0 Å². The van der Waals surface area contributed by atoms with Gasteiger partial charge in [0, 0.05) is 5.56 Å². The topological polar surface area (TPSA) is 27.7 Å². The van der Waals surface area contributed by atoms with E-state index < -0.39 is 18.3 Å². The van der Waals surface area contributed by atoms with Crippen molar-refractivity contribution in [3.8, 4) is 0 Å². The molecule has 0 unspecified atom stereocenters. The van der Waals surface area contributed by atoms with Crippen LogP contribution in [-0.2, 0) is 27.1 Å². The standard InChI is InChI=1S/C15H20BFO3/c1-14(2)15(3,4)20-16(19-14)11-7-10-5-6-18-9-12(10)13(17)8-11/h7-8H,5-6,9H2,1-4H3. The molecule has 0 spiro atoms. The van der Waals surface area contributed by atoms with E-state index in [1.54, 1.807) is 0 Å². The van der Waals surface area contributed by atoms with E-state index in [4.69, 9.17) is 14.0 Å². The third-order valence-electron chi connectivity index (χ3n) is 4.60. The van der Waals surface area contributed by atoms with Crippen LogP contribution in [0.15, 0.2) is 12.1 Å². The highest BCUT2D eigenvalue weighted by Crippen LogP contribution is 2.36. The predicted octanol–water partition coefficient (Wildman–Crippen LogP) is 2.20. The van der Waals surface area contributed by atoms with Gasteiger partial charge < -0.3 is 14.0 Å². The largest absolute Gasteiger partial charge is 0.494 e. The summed E-state index contributed by atoms with van der Waals surface area (Å²) < 4.78 is 31.4. The molecule has 0 bridgehead atoms. The molecule has 5 heteroatoms.